The lowest BCUT2D eigenvalue weighted by Crippen LogP contribution is -2.15. The number of carbonyl (C=O) groups is 1. The Morgan fingerprint density at radius 2 is 2.17 bits per heavy atom. The van der Waals surface area contributed by atoms with Gasteiger partial charge in [-0.05, 0) is 13.0 Å². The van der Waals surface area contributed by atoms with Crippen LogP contribution in [-0.2, 0) is 4.74 Å². The highest BCUT2D eigenvalue weighted by Gasteiger charge is 2.16. The van der Waals surface area contributed by atoms with Crippen molar-refractivity contribution in [3.63, 3.8) is 0 Å². The van der Waals surface area contributed by atoms with Gasteiger partial charge in [0.15, 0.2) is 6.61 Å². The third-order valence-corrected chi connectivity index (χ3v) is 2.94. The van der Waals surface area contributed by atoms with Crippen molar-refractivity contribution >= 4 is 22.6 Å². The van der Waals surface area contributed by atoms with Gasteiger partial charge in [0.2, 0.25) is 11.7 Å². The van der Waals surface area contributed by atoms with Gasteiger partial charge in [0.1, 0.15) is 0 Å². The van der Waals surface area contributed by atoms with Gasteiger partial charge in [-0.1, -0.05) is 18.2 Å². The fourth-order valence-electron chi connectivity index (χ4n) is 2.07. The molecule has 1 aliphatic rings. The zero-order valence-corrected chi connectivity index (χ0v) is 9.93. The van der Waals surface area contributed by atoms with E-state index >= 15 is 0 Å². The first-order valence-corrected chi connectivity index (χ1v) is 5.73. The number of aliphatic imine (C=N–C) groups is 1. The second-order valence-corrected chi connectivity index (χ2v) is 4.17. The highest BCUT2D eigenvalue weighted by Crippen LogP contribution is 2.22. The molecule has 18 heavy (non-hydrogen) atoms. The molecule has 2 aromatic rings. The summed E-state index contributed by atoms with van der Waals surface area (Å²) < 4.78 is 5.27. The van der Waals surface area contributed by atoms with Gasteiger partial charge in [-0.25, -0.2) is 4.99 Å². The minimum absolute atomic E-state index is 0.0197. The van der Waals surface area contributed by atoms with E-state index in [-0.39, 0.29) is 12.4 Å². The van der Waals surface area contributed by atoms with Gasteiger partial charge in [0, 0.05) is 34.4 Å². The monoisotopic (exact) mass is 240 g/mol. The highest BCUT2D eigenvalue weighted by molar-refractivity contribution is 6.10. The van der Waals surface area contributed by atoms with Gasteiger partial charge in [-0.15, -0.1) is 0 Å². The average Bonchev–Trinajstić information content (AvgIpc) is 2.62. The molecule has 3 rings (SSSR count). The molecule has 4 nitrogen and oxygen atoms in total. The highest BCUT2D eigenvalue weighted by atomic mass is 16.5. The SMILES string of the molecule is Cc1[nH]c2ccccc2c1C(=O)COC1=NC=C1. The maximum Gasteiger partial charge on any atom is 0.215 e. The summed E-state index contributed by atoms with van der Waals surface area (Å²) in [5.41, 5.74) is 2.55. The standard InChI is InChI=1S/C14H12N2O2/c1-9-14(10-4-2-3-5-11(10)16-9)12(17)8-18-13-6-7-15-13/h2-7,16H,8H2,1H3. The normalized spacial score (nSPS) is 13.3. The van der Waals surface area contributed by atoms with Crippen molar-refractivity contribution < 1.29 is 9.53 Å². The summed E-state index contributed by atoms with van der Waals surface area (Å²) in [5, 5.41) is 0.940. The number of aromatic amines is 1. The molecular formula is C14H12N2O2. The topological polar surface area (TPSA) is 54.5 Å². The van der Waals surface area contributed by atoms with Crippen LogP contribution in [0.2, 0.25) is 0 Å². The number of rotatable bonds is 3. The molecule has 0 saturated carbocycles. The van der Waals surface area contributed by atoms with Crippen molar-refractivity contribution in [2.45, 2.75) is 6.92 Å². The third-order valence-electron chi connectivity index (χ3n) is 2.94. The number of benzene rings is 1. The number of aryl methyl sites for hydroxylation is 1. The van der Waals surface area contributed by atoms with Crippen LogP contribution in [0.4, 0.5) is 0 Å². The maximum absolute atomic E-state index is 12.2. The molecule has 4 heteroatoms. The van der Waals surface area contributed by atoms with E-state index in [1.54, 1.807) is 12.3 Å². The Hall–Kier alpha value is -2.36. The van der Waals surface area contributed by atoms with E-state index in [1.807, 2.05) is 31.2 Å². The fourth-order valence-corrected chi connectivity index (χ4v) is 2.07. The van der Waals surface area contributed by atoms with Crippen LogP contribution in [0, 0.1) is 6.92 Å². The largest absolute Gasteiger partial charge is 0.469 e. The van der Waals surface area contributed by atoms with Crippen LogP contribution in [-0.4, -0.2) is 23.3 Å². The van der Waals surface area contributed by atoms with Crippen LogP contribution in [0.1, 0.15) is 16.1 Å². The Morgan fingerprint density at radius 3 is 2.89 bits per heavy atom. The molecule has 0 bridgehead atoms. The zero-order chi connectivity index (χ0) is 12.5. The quantitative estimate of drug-likeness (QED) is 0.838. The van der Waals surface area contributed by atoms with Crippen LogP contribution < -0.4 is 0 Å². The lowest BCUT2D eigenvalue weighted by atomic mass is 10.1. The molecule has 2 heterocycles. The summed E-state index contributed by atoms with van der Waals surface area (Å²) in [6, 6.07) is 7.76. The summed E-state index contributed by atoms with van der Waals surface area (Å²) in [5.74, 6) is 0.480. The Balaban J connectivity index is 1.88. The number of H-pyrrole nitrogens is 1. The molecule has 0 amide bonds. The number of carbonyl (C=O) groups excluding carboxylic acids is 1. The Kier molecular flexibility index (Phi) is 2.48. The van der Waals surface area contributed by atoms with Gasteiger partial charge in [-0.3, -0.25) is 4.79 Å². The van der Waals surface area contributed by atoms with Crippen molar-refractivity contribution in [2.24, 2.45) is 4.99 Å². The summed E-state index contributed by atoms with van der Waals surface area (Å²) >= 11 is 0. The molecule has 1 N–H and O–H groups in total. The Bertz CT molecular complexity index is 680. The lowest BCUT2D eigenvalue weighted by Gasteiger charge is -2.08. The van der Waals surface area contributed by atoms with Crippen molar-refractivity contribution in [3.05, 3.63) is 47.8 Å². The number of hydrogen-bond donors (Lipinski definition) is 1. The van der Waals surface area contributed by atoms with E-state index in [1.165, 1.54) is 0 Å². The molecule has 0 spiro atoms. The number of ether oxygens (including phenoxy) is 1. The number of nitrogens with zero attached hydrogens (tertiary/aromatic N) is 1. The number of fused-ring (bicyclic) bond motifs is 1. The number of aromatic nitrogens is 1. The fraction of sp³-hybridized carbons (Fsp3) is 0.143. The molecule has 0 saturated heterocycles. The van der Waals surface area contributed by atoms with E-state index in [2.05, 4.69) is 9.98 Å². The predicted octanol–water partition coefficient (Wildman–Crippen LogP) is 2.60. The molecular weight excluding hydrogens is 228 g/mol. The van der Waals surface area contributed by atoms with E-state index in [4.69, 9.17) is 4.74 Å². The lowest BCUT2D eigenvalue weighted by molar-refractivity contribution is 0.0915. The molecule has 90 valence electrons. The van der Waals surface area contributed by atoms with Crippen LogP contribution in [0.5, 0.6) is 0 Å². The zero-order valence-electron chi connectivity index (χ0n) is 9.93. The molecule has 0 atom stereocenters. The second kappa shape index (κ2) is 4.14. The third kappa shape index (κ3) is 1.72. The second-order valence-electron chi connectivity index (χ2n) is 4.17. The van der Waals surface area contributed by atoms with Crippen LogP contribution >= 0.6 is 0 Å². The molecule has 0 unspecified atom stereocenters. The first-order valence-electron chi connectivity index (χ1n) is 5.73. The molecule has 1 aromatic carbocycles. The van der Waals surface area contributed by atoms with Crippen molar-refractivity contribution in [1.29, 1.82) is 0 Å². The van der Waals surface area contributed by atoms with Crippen molar-refractivity contribution in [2.75, 3.05) is 6.61 Å². The van der Waals surface area contributed by atoms with Crippen LogP contribution in [0.15, 0.2) is 41.5 Å². The van der Waals surface area contributed by atoms with Crippen molar-refractivity contribution in [3.8, 4) is 0 Å². The van der Waals surface area contributed by atoms with E-state index < -0.39 is 0 Å². The number of ketones is 1. The van der Waals surface area contributed by atoms with Gasteiger partial charge in [0.25, 0.3) is 0 Å². The summed E-state index contributed by atoms with van der Waals surface area (Å²) in [4.78, 5) is 19.2. The number of nitrogens with one attached hydrogen (secondary N) is 1. The molecule has 1 aliphatic heterocycles. The van der Waals surface area contributed by atoms with E-state index in [0.717, 1.165) is 16.6 Å². The number of para-hydroxylation sites is 1. The number of hydrogen-bond acceptors (Lipinski definition) is 3. The van der Waals surface area contributed by atoms with E-state index in [0.29, 0.717) is 11.5 Å². The average molecular weight is 240 g/mol. The summed E-state index contributed by atoms with van der Waals surface area (Å²) in [6.45, 7) is 1.92. The van der Waals surface area contributed by atoms with Crippen LogP contribution in [0.3, 0.4) is 0 Å². The summed E-state index contributed by atoms with van der Waals surface area (Å²) in [7, 11) is 0. The van der Waals surface area contributed by atoms with Crippen LogP contribution in [0.25, 0.3) is 10.9 Å². The van der Waals surface area contributed by atoms with Gasteiger partial charge >= 0.3 is 0 Å². The maximum atomic E-state index is 12.2. The number of Topliss-reactive ketones (excluding diaryl/α,β-unsaturated/α-hetero) is 1. The minimum Gasteiger partial charge on any atom is -0.469 e. The first kappa shape index (κ1) is 10.8. The summed E-state index contributed by atoms with van der Waals surface area (Å²) in [6.07, 6.45) is 3.37. The van der Waals surface area contributed by atoms with Crippen molar-refractivity contribution in [1.82, 2.24) is 4.98 Å². The minimum atomic E-state index is -0.0343. The molecule has 0 fully saturated rings. The molecule has 1 aromatic heterocycles. The smallest absolute Gasteiger partial charge is 0.215 e. The molecule has 0 radical (unpaired) electrons. The molecule has 0 aliphatic carbocycles. The Labute approximate surface area is 104 Å². The Morgan fingerprint density at radius 1 is 1.39 bits per heavy atom. The first-order chi connectivity index (χ1) is 8.75. The van der Waals surface area contributed by atoms with Gasteiger partial charge < -0.3 is 9.72 Å². The van der Waals surface area contributed by atoms with E-state index in [9.17, 15) is 4.79 Å². The van der Waals surface area contributed by atoms with Gasteiger partial charge in [0.05, 0.1) is 0 Å². The van der Waals surface area contributed by atoms with Gasteiger partial charge in [-0.2, -0.15) is 0 Å². The predicted molar refractivity (Wildman–Crippen MR) is 69.9 cm³/mol.